The van der Waals surface area contributed by atoms with Crippen molar-refractivity contribution in [1.29, 1.82) is 0 Å². The van der Waals surface area contributed by atoms with Crippen LogP contribution in [0.2, 0.25) is 0 Å². The van der Waals surface area contributed by atoms with E-state index in [-0.39, 0.29) is 18.1 Å². The molecule has 3 N–H and O–H groups in total. The third-order valence-electron chi connectivity index (χ3n) is 4.50. The number of carbonyl (C=O) groups excluding carboxylic acids is 1. The first-order valence-corrected chi connectivity index (χ1v) is 8.68. The Morgan fingerprint density at radius 1 is 1.15 bits per heavy atom. The van der Waals surface area contributed by atoms with E-state index in [1.54, 1.807) is 6.07 Å². The van der Waals surface area contributed by atoms with Crippen LogP contribution in [0.5, 0.6) is 0 Å². The monoisotopic (exact) mass is 367 g/mol. The zero-order chi connectivity index (χ0) is 19.6. The Morgan fingerprint density at radius 2 is 1.81 bits per heavy atom. The molecule has 0 spiro atoms. The summed E-state index contributed by atoms with van der Waals surface area (Å²) in [5.41, 5.74) is 2.95. The van der Waals surface area contributed by atoms with E-state index in [9.17, 15) is 20.0 Å². The molecule has 7 heteroatoms. The fourth-order valence-corrected chi connectivity index (χ4v) is 2.85. The highest BCUT2D eigenvalue weighted by atomic mass is 16.6. The summed E-state index contributed by atoms with van der Waals surface area (Å²) in [6.45, 7) is 4.22. The van der Waals surface area contributed by atoms with Gasteiger partial charge in [-0.15, -0.1) is 0 Å². The lowest BCUT2D eigenvalue weighted by Crippen LogP contribution is -2.28. The van der Waals surface area contributed by atoms with Gasteiger partial charge in [-0.25, -0.2) is 0 Å². The van der Waals surface area contributed by atoms with Gasteiger partial charge in [0.2, 0.25) is 0 Å². The molecule has 0 radical (unpaired) electrons. The number of nitrogens with one attached hydrogen (secondary N) is 2. The van der Waals surface area contributed by atoms with Crippen molar-refractivity contribution in [2.75, 3.05) is 6.54 Å². The molecule has 1 aromatic heterocycles. The first kappa shape index (κ1) is 18.6. The van der Waals surface area contributed by atoms with Gasteiger partial charge in [0.25, 0.3) is 11.6 Å². The number of hydrogen-bond donors (Lipinski definition) is 3. The molecule has 1 heterocycles. The predicted octanol–water partition coefficient (Wildman–Crippen LogP) is 3.66. The maximum absolute atomic E-state index is 12.4. The predicted molar refractivity (Wildman–Crippen MR) is 103 cm³/mol. The van der Waals surface area contributed by atoms with Gasteiger partial charge in [-0.2, -0.15) is 0 Å². The van der Waals surface area contributed by atoms with Crippen molar-refractivity contribution in [1.82, 2.24) is 10.3 Å². The normalized spacial score (nSPS) is 12.3. The van der Waals surface area contributed by atoms with E-state index in [2.05, 4.69) is 24.1 Å². The Kier molecular flexibility index (Phi) is 5.23. The maximum atomic E-state index is 12.4. The highest BCUT2D eigenvalue weighted by Gasteiger charge is 2.14. The molecule has 0 saturated carbocycles. The van der Waals surface area contributed by atoms with Crippen molar-refractivity contribution < 1.29 is 14.8 Å². The van der Waals surface area contributed by atoms with Crippen molar-refractivity contribution in [3.8, 4) is 0 Å². The van der Waals surface area contributed by atoms with Crippen molar-refractivity contribution >= 4 is 22.5 Å². The molecule has 0 aliphatic heterocycles. The first-order valence-electron chi connectivity index (χ1n) is 8.68. The fraction of sp³-hybridized carbons (Fsp3) is 0.250. The summed E-state index contributed by atoms with van der Waals surface area (Å²) in [5.74, 6) is 0.0741. The standard InChI is InChI=1S/C20H21N3O4/c1-12(2)14-3-4-15-10-18(22-17(15)9-14)20(25)21-11-19(24)13-5-7-16(8-6-13)23(26)27/h3-10,12,19,22,24H,11H2,1-2H3,(H,21,25). The van der Waals surface area contributed by atoms with E-state index in [4.69, 9.17) is 0 Å². The van der Waals surface area contributed by atoms with Crippen LogP contribution in [-0.4, -0.2) is 27.5 Å². The van der Waals surface area contributed by atoms with Crippen molar-refractivity contribution in [2.24, 2.45) is 0 Å². The Bertz CT molecular complexity index is 977. The van der Waals surface area contributed by atoms with Gasteiger partial charge in [0.15, 0.2) is 0 Å². The van der Waals surface area contributed by atoms with E-state index in [1.165, 1.54) is 29.8 Å². The number of aromatic amines is 1. The molecular weight excluding hydrogens is 346 g/mol. The van der Waals surface area contributed by atoms with Gasteiger partial charge in [-0.05, 0) is 41.3 Å². The van der Waals surface area contributed by atoms with Crippen molar-refractivity contribution in [3.63, 3.8) is 0 Å². The van der Waals surface area contributed by atoms with Crippen LogP contribution in [-0.2, 0) is 0 Å². The van der Waals surface area contributed by atoms with E-state index in [0.29, 0.717) is 17.2 Å². The van der Waals surface area contributed by atoms with Crippen LogP contribution in [0.15, 0.2) is 48.5 Å². The highest BCUT2D eigenvalue weighted by molar-refractivity contribution is 5.98. The lowest BCUT2D eigenvalue weighted by molar-refractivity contribution is -0.384. The number of rotatable bonds is 6. The Balaban J connectivity index is 1.66. The number of H-pyrrole nitrogens is 1. The number of aliphatic hydroxyl groups excluding tert-OH is 1. The summed E-state index contributed by atoms with van der Waals surface area (Å²) < 4.78 is 0. The zero-order valence-electron chi connectivity index (χ0n) is 15.1. The molecule has 0 saturated heterocycles. The number of nitrogens with zero attached hydrogens (tertiary/aromatic N) is 1. The van der Waals surface area contributed by atoms with Gasteiger partial charge in [-0.1, -0.05) is 26.0 Å². The third kappa shape index (κ3) is 4.15. The van der Waals surface area contributed by atoms with E-state index >= 15 is 0 Å². The van der Waals surface area contributed by atoms with Crippen LogP contribution >= 0.6 is 0 Å². The van der Waals surface area contributed by atoms with Crippen LogP contribution in [0.3, 0.4) is 0 Å². The van der Waals surface area contributed by atoms with Crippen molar-refractivity contribution in [3.05, 3.63) is 75.5 Å². The summed E-state index contributed by atoms with van der Waals surface area (Å²) in [6.07, 6.45) is -0.952. The second-order valence-corrected chi connectivity index (χ2v) is 6.76. The summed E-state index contributed by atoms with van der Waals surface area (Å²) in [4.78, 5) is 25.6. The Labute approximate surface area is 156 Å². The fourth-order valence-electron chi connectivity index (χ4n) is 2.85. The molecule has 7 nitrogen and oxygen atoms in total. The smallest absolute Gasteiger partial charge is 0.269 e. The number of carbonyl (C=O) groups is 1. The number of benzene rings is 2. The molecule has 0 bridgehead atoms. The molecule has 27 heavy (non-hydrogen) atoms. The lowest BCUT2D eigenvalue weighted by atomic mass is 10.0. The minimum atomic E-state index is -0.952. The van der Waals surface area contributed by atoms with E-state index in [0.717, 1.165) is 10.9 Å². The topological polar surface area (TPSA) is 108 Å². The summed E-state index contributed by atoms with van der Waals surface area (Å²) >= 11 is 0. The molecule has 2 aromatic carbocycles. The number of hydrogen-bond acceptors (Lipinski definition) is 4. The molecule has 1 amide bonds. The molecule has 3 aromatic rings. The number of aliphatic hydroxyl groups is 1. The summed E-state index contributed by atoms with van der Waals surface area (Å²) in [7, 11) is 0. The second-order valence-electron chi connectivity index (χ2n) is 6.76. The Morgan fingerprint density at radius 3 is 2.44 bits per heavy atom. The van der Waals surface area contributed by atoms with E-state index < -0.39 is 11.0 Å². The molecule has 140 valence electrons. The molecule has 3 rings (SSSR count). The molecule has 0 aliphatic rings. The largest absolute Gasteiger partial charge is 0.387 e. The highest BCUT2D eigenvalue weighted by Crippen LogP contribution is 2.22. The lowest BCUT2D eigenvalue weighted by Gasteiger charge is -2.11. The zero-order valence-corrected chi connectivity index (χ0v) is 15.1. The number of aromatic nitrogens is 1. The molecular formula is C20H21N3O4. The van der Waals surface area contributed by atoms with Gasteiger partial charge in [0, 0.05) is 29.6 Å². The number of nitro groups is 1. The van der Waals surface area contributed by atoms with Crippen LogP contribution in [0, 0.1) is 10.1 Å². The molecule has 1 unspecified atom stereocenters. The first-order chi connectivity index (χ1) is 12.8. The summed E-state index contributed by atoms with van der Waals surface area (Å²) in [6, 6.07) is 13.4. The van der Waals surface area contributed by atoms with Crippen LogP contribution < -0.4 is 5.32 Å². The molecule has 0 aliphatic carbocycles. The van der Waals surface area contributed by atoms with Gasteiger partial charge in [0.1, 0.15) is 5.69 Å². The van der Waals surface area contributed by atoms with Crippen LogP contribution in [0.1, 0.15) is 47.5 Å². The quantitative estimate of drug-likeness (QED) is 0.456. The average Bonchev–Trinajstić information content (AvgIpc) is 3.09. The average molecular weight is 367 g/mol. The Hall–Kier alpha value is -3.19. The second kappa shape index (κ2) is 7.59. The number of non-ortho nitro benzene ring substituents is 1. The van der Waals surface area contributed by atoms with Gasteiger partial charge >= 0.3 is 0 Å². The SMILES string of the molecule is CC(C)c1ccc2cc(C(=O)NCC(O)c3ccc([N+](=O)[O-])cc3)[nH]c2c1. The number of nitro benzene ring substituents is 1. The third-order valence-corrected chi connectivity index (χ3v) is 4.50. The number of fused-ring (bicyclic) bond motifs is 1. The van der Waals surface area contributed by atoms with Crippen LogP contribution in [0.4, 0.5) is 5.69 Å². The van der Waals surface area contributed by atoms with Gasteiger partial charge in [0.05, 0.1) is 11.0 Å². The van der Waals surface area contributed by atoms with Gasteiger partial charge in [-0.3, -0.25) is 14.9 Å². The minimum absolute atomic E-state index is 0.00323. The summed E-state index contributed by atoms with van der Waals surface area (Å²) in [5, 5.41) is 24.5. The number of amides is 1. The maximum Gasteiger partial charge on any atom is 0.269 e. The van der Waals surface area contributed by atoms with Crippen molar-refractivity contribution in [2.45, 2.75) is 25.9 Å². The molecule has 0 fully saturated rings. The van der Waals surface area contributed by atoms with E-state index in [1.807, 2.05) is 18.2 Å². The molecule has 1 atom stereocenters. The van der Waals surface area contributed by atoms with Gasteiger partial charge < -0.3 is 15.4 Å². The van der Waals surface area contributed by atoms with Crippen LogP contribution in [0.25, 0.3) is 10.9 Å². The minimum Gasteiger partial charge on any atom is -0.387 e.